The summed E-state index contributed by atoms with van der Waals surface area (Å²) >= 11 is 0. The molecule has 0 aliphatic rings. The smallest absolute Gasteiger partial charge is 0.273 e. The predicted molar refractivity (Wildman–Crippen MR) is 87.4 cm³/mol. The lowest BCUT2D eigenvalue weighted by Crippen LogP contribution is -2.22. The number of benzene rings is 1. The topological polar surface area (TPSA) is 110 Å². The summed E-state index contributed by atoms with van der Waals surface area (Å²) in [5.74, 6) is 0.484. The minimum atomic E-state index is -0.398. The van der Waals surface area contributed by atoms with Crippen molar-refractivity contribution in [1.82, 2.24) is 24.6 Å². The zero-order valence-electron chi connectivity index (χ0n) is 13.3. The minimum Gasteiger partial charge on any atom is -0.309 e. The molecule has 0 amide bonds. The lowest BCUT2D eigenvalue weighted by Gasteiger charge is -2.16. The summed E-state index contributed by atoms with van der Waals surface area (Å²) in [6.45, 7) is 0.715. The number of fused-ring (bicyclic) bond motifs is 1. The van der Waals surface area contributed by atoms with Crippen LogP contribution in [0.1, 0.15) is 11.4 Å². The highest BCUT2D eigenvalue weighted by molar-refractivity contribution is 5.72. The van der Waals surface area contributed by atoms with E-state index < -0.39 is 4.92 Å². The molecule has 9 nitrogen and oxygen atoms in total. The third-order valence-corrected chi connectivity index (χ3v) is 3.70. The van der Waals surface area contributed by atoms with Crippen molar-refractivity contribution in [3.8, 4) is 0 Å². The van der Waals surface area contributed by atoms with Crippen molar-refractivity contribution in [1.29, 1.82) is 0 Å². The van der Waals surface area contributed by atoms with Crippen LogP contribution in [0, 0.1) is 10.1 Å². The number of aromatic amines is 1. The zero-order chi connectivity index (χ0) is 17.3. The summed E-state index contributed by atoms with van der Waals surface area (Å²) < 4.78 is 1.54. The van der Waals surface area contributed by atoms with Crippen molar-refractivity contribution in [2.45, 2.75) is 13.1 Å². The largest absolute Gasteiger partial charge is 0.309 e. The van der Waals surface area contributed by atoms with E-state index in [9.17, 15) is 14.9 Å². The van der Waals surface area contributed by atoms with Gasteiger partial charge in [0.1, 0.15) is 11.2 Å². The number of hydrogen-bond acceptors (Lipinski definition) is 6. The number of H-pyrrole nitrogens is 1. The molecule has 0 bridgehead atoms. The molecular weight excluding hydrogens is 312 g/mol. The minimum absolute atomic E-state index is 0.0767. The lowest BCUT2D eigenvalue weighted by atomic mass is 10.1. The molecule has 1 aromatic carbocycles. The van der Waals surface area contributed by atoms with Gasteiger partial charge in [-0.2, -0.15) is 5.10 Å². The number of nitrogens with zero attached hydrogens (tertiary/aromatic N) is 5. The summed E-state index contributed by atoms with van der Waals surface area (Å²) in [6, 6.07) is 6.59. The van der Waals surface area contributed by atoms with Crippen LogP contribution in [-0.4, -0.2) is 36.6 Å². The number of nitrogens with one attached hydrogen (secondary N) is 1. The van der Waals surface area contributed by atoms with Crippen molar-refractivity contribution in [3.05, 3.63) is 62.3 Å². The first-order chi connectivity index (χ1) is 11.5. The molecule has 0 aliphatic heterocycles. The number of nitro groups is 1. The second-order valence-corrected chi connectivity index (χ2v) is 5.58. The van der Waals surface area contributed by atoms with Crippen molar-refractivity contribution < 1.29 is 4.92 Å². The maximum Gasteiger partial charge on any atom is 0.273 e. The second kappa shape index (κ2) is 6.20. The molecule has 3 rings (SSSR count). The SMILES string of the molecule is CN(Cc1nc2c(cnn2C)c(=O)[nH]1)Cc1ccccc1[N+](=O)[O-]. The lowest BCUT2D eigenvalue weighted by molar-refractivity contribution is -0.385. The van der Waals surface area contributed by atoms with E-state index in [1.807, 2.05) is 11.9 Å². The van der Waals surface area contributed by atoms with Gasteiger partial charge in [-0.3, -0.25) is 24.5 Å². The number of aryl methyl sites for hydroxylation is 1. The van der Waals surface area contributed by atoms with E-state index in [0.717, 1.165) is 0 Å². The Kier molecular flexibility index (Phi) is 4.09. The highest BCUT2D eigenvalue weighted by atomic mass is 16.6. The van der Waals surface area contributed by atoms with Crippen LogP contribution < -0.4 is 5.56 Å². The van der Waals surface area contributed by atoms with Gasteiger partial charge in [-0.1, -0.05) is 18.2 Å². The third-order valence-electron chi connectivity index (χ3n) is 3.70. The Balaban J connectivity index is 1.83. The fourth-order valence-corrected chi connectivity index (χ4v) is 2.58. The maximum atomic E-state index is 12.0. The van der Waals surface area contributed by atoms with Crippen molar-refractivity contribution in [3.63, 3.8) is 0 Å². The van der Waals surface area contributed by atoms with E-state index in [4.69, 9.17) is 0 Å². The van der Waals surface area contributed by atoms with E-state index in [0.29, 0.717) is 35.5 Å². The quantitative estimate of drug-likeness (QED) is 0.556. The molecule has 2 aromatic heterocycles. The van der Waals surface area contributed by atoms with Gasteiger partial charge in [0.25, 0.3) is 11.2 Å². The van der Waals surface area contributed by atoms with E-state index in [1.165, 1.54) is 16.9 Å². The average molecular weight is 328 g/mol. The van der Waals surface area contributed by atoms with Crippen LogP contribution in [-0.2, 0) is 20.1 Å². The zero-order valence-corrected chi connectivity index (χ0v) is 13.3. The molecule has 0 radical (unpaired) electrons. The predicted octanol–water partition coefficient (Wildman–Crippen LogP) is 1.20. The highest BCUT2D eigenvalue weighted by Gasteiger charge is 2.15. The van der Waals surface area contributed by atoms with Crippen LogP contribution in [0.4, 0.5) is 5.69 Å². The van der Waals surface area contributed by atoms with Gasteiger partial charge in [-0.05, 0) is 7.05 Å². The van der Waals surface area contributed by atoms with Crippen LogP contribution in [0.5, 0.6) is 0 Å². The number of rotatable bonds is 5. The second-order valence-electron chi connectivity index (χ2n) is 5.58. The Bertz CT molecular complexity index is 961. The van der Waals surface area contributed by atoms with Crippen LogP contribution in [0.15, 0.2) is 35.3 Å². The first kappa shape index (κ1) is 15.8. The molecule has 0 atom stereocenters. The van der Waals surface area contributed by atoms with Gasteiger partial charge in [0.2, 0.25) is 0 Å². The Morgan fingerprint density at radius 1 is 1.33 bits per heavy atom. The molecule has 0 fully saturated rings. The van der Waals surface area contributed by atoms with Crippen LogP contribution in [0.2, 0.25) is 0 Å². The first-order valence-electron chi connectivity index (χ1n) is 7.27. The molecule has 0 unspecified atom stereocenters. The van der Waals surface area contributed by atoms with Crippen molar-refractivity contribution >= 4 is 16.7 Å². The first-order valence-corrected chi connectivity index (χ1v) is 7.27. The van der Waals surface area contributed by atoms with E-state index >= 15 is 0 Å². The van der Waals surface area contributed by atoms with Gasteiger partial charge >= 0.3 is 0 Å². The van der Waals surface area contributed by atoms with E-state index in [-0.39, 0.29) is 11.2 Å². The van der Waals surface area contributed by atoms with Gasteiger partial charge < -0.3 is 4.98 Å². The standard InChI is InChI=1S/C15H16N6O3/c1-19(8-10-5-3-4-6-12(10)21(23)24)9-13-17-14-11(15(22)18-13)7-16-20(14)2/h3-7H,8-9H2,1-2H3,(H,17,18,22). The summed E-state index contributed by atoms with van der Waals surface area (Å²) in [5.41, 5.74) is 0.942. The number of nitro benzene ring substituents is 1. The Morgan fingerprint density at radius 2 is 2.08 bits per heavy atom. The van der Waals surface area contributed by atoms with Crippen LogP contribution in [0.25, 0.3) is 11.0 Å². The van der Waals surface area contributed by atoms with Gasteiger partial charge in [-0.25, -0.2) is 4.98 Å². The van der Waals surface area contributed by atoms with E-state index in [1.54, 1.807) is 25.2 Å². The van der Waals surface area contributed by atoms with Crippen molar-refractivity contribution in [2.75, 3.05) is 7.05 Å². The van der Waals surface area contributed by atoms with Crippen molar-refractivity contribution in [2.24, 2.45) is 7.05 Å². The number of aromatic nitrogens is 4. The summed E-state index contributed by atoms with van der Waals surface area (Å²) in [4.78, 5) is 31.7. The van der Waals surface area contributed by atoms with Gasteiger partial charge in [0, 0.05) is 25.2 Å². The maximum absolute atomic E-state index is 12.0. The van der Waals surface area contributed by atoms with Gasteiger partial charge in [0.15, 0.2) is 5.65 Å². The van der Waals surface area contributed by atoms with Gasteiger partial charge in [0.05, 0.1) is 17.7 Å². The van der Waals surface area contributed by atoms with Crippen LogP contribution in [0.3, 0.4) is 0 Å². The molecular formula is C15H16N6O3. The van der Waals surface area contributed by atoms with E-state index in [2.05, 4.69) is 15.1 Å². The monoisotopic (exact) mass is 328 g/mol. The molecule has 0 spiro atoms. The molecule has 0 saturated heterocycles. The highest BCUT2D eigenvalue weighted by Crippen LogP contribution is 2.19. The molecule has 3 aromatic rings. The van der Waals surface area contributed by atoms with Gasteiger partial charge in [-0.15, -0.1) is 0 Å². The molecule has 2 heterocycles. The summed E-state index contributed by atoms with van der Waals surface area (Å²) in [6.07, 6.45) is 1.47. The normalized spacial score (nSPS) is 11.3. The fraction of sp³-hybridized carbons (Fsp3) is 0.267. The summed E-state index contributed by atoms with van der Waals surface area (Å²) in [7, 11) is 3.53. The third kappa shape index (κ3) is 3.01. The molecule has 9 heteroatoms. The molecule has 124 valence electrons. The molecule has 24 heavy (non-hydrogen) atoms. The number of para-hydroxylation sites is 1. The molecule has 0 aliphatic carbocycles. The summed E-state index contributed by atoms with van der Waals surface area (Å²) in [5, 5.41) is 15.5. The molecule has 0 saturated carbocycles. The fourth-order valence-electron chi connectivity index (χ4n) is 2.58. The Morgan fingerprint density at radius 3 is 2.83 bits per heavy atom. The number of hydrogen-bond donors (Lipinski definition) is 1. The Labute approximate surface area is 136 Å². The average Bonchev–Trinajstić information content (AvgIpc) is 2.89. The molecule has 1 N–H and O–H groups in total. The van der Waals surface area contributed by atoms with Crippen LogP contribution >= 0.6 is 0 Å². The Hall–Kier alpha value is -3.07.